The van der Waals surface area contributed by atoms with Crippen molar-refractivity contribution in [2.24, 2.45) is 0 Å². The minimum atomic E-state index is -1.03. The van der Waals surface area contributed by atoms with Gasteiger partial charge in [-0.05, 0) is 23.3 Å². The molecular weight excluding hydrogens is 274 g/mol. The number of fused-ring (bicyclic) bond motifs is 1. The van der Waals surface area contributed by atoms with Crippen LogP contribution in [0.4, 0.5) is 0 Å². The third-order valence-corrected chi connectivity index (χ3v) is 4.60. The summed E-state index contributed by atoms with van der Waals surface area (Å²) < 4.78 is 5.04. The SMILES string of the molecule is O=C(NCC1(O)CSCc2ccccc21)c1ccco1. The molecule has 2 aromatic rings. The largest absolute Gasteiger partial charge is 0.459 e. The minimum absolute atomic E-state index is 0.177. The summed E-state index contributed by atoms with van der Waals surface area (Å²) in [4.78, 5) is 11.9. The van der Waals surface area contributed by atoms with Crippen LogP contribution >= 0.6 is 11.8 Å². The molecule has 1 atom stereocenters. The van der Waals surface area contributed by atoms with Crippen molar-refractivity contribution in [1.29, 1.82) is 0 Å². The Morgan fingerprint density at radius 3 is 3.00 bits per heavy atom. The van der Waals surface area contributed by atoms with Crippen molar-refractivity contribution in [3.63, 3.8) is 0 Å². The van der Waals surface area contributed by atoms with E-state index in [1.165, 1.54) is 6.26 Å². The molecule has 1 amide bonds. The molecular formula is C15H15NO3S. The first-order valence-corrected chi connectivity index (χ1v) is 7.55. The van der Waals surface area contributed by atoms with Gasteiger partial charge in [0.1, 0.15) is 5.60 Å². The van der Waals surface area contributed by atoms with E-state index in [4.69, 9.17) is 4.42 Å². The number of amides is 1. The molecule has 2 N–H and O–H groups in total. The van der Waals surface area contributed by atoms with Crippen LogP contribution in [0.15, 0.2) is 47.1 Å². The van der Waals surface area contributed by atoms with Crippen LogP contribution in [0.2, 0.25) is 0 Å². The highest BCUT2D eigenvalue weighted by molar-refractivity contribution is 7.98. The predicted octanol–water partition coefficient (Wildman–Crippen LogP) is 2.14. The van der Waals surface area contributed by atoms with Crippen molar-refractivity contribution in [2.75, 3.05) is 12.3 Å². The fourth-order valence-electron chi connectivity index (χ4n) is 2.38. The molecule has 0 saturated carbocycles. The molecule has 1 aliphatic rings. The molecule has 0 saturated heterocycles. The van der Waals surface area contributed by atoms with Gasteiger partial charge in [-0.15, -0.1) is 0 Å². The smallest absolute Gasteiger partial charge is 0.287 e. The zero-order valence-corrected chi connectivity index (χ0v) is 11.7. The van der Waals surface area contributed by atoms with E-state index in [1.807, 2.05) is 24.3 Å². The van der Waals surface area contributed by atoms with Crippen LogP contribution in [0, 0.1) is 0 Å². The normalized spacial score (nSPS) is 21.2. The Balaban J connectivity index is 1.76. The highest BCUT2D eigenvalue weighted by Gasteiger charge is 2.35. The molecule has 1 aromatic heterocycles. The number of thioether (sulfide) groups is 1. The fourth-order valence-corrected chi connectivity index (χ4v) is 3.54. The number of aliphatic hydroxyl groups is 1. The Morgan fingerprint density at radius 1 is 1.35 bits per heavy atom. The van der Waals surface area contributed by atoms with Crippen LogP contribution in [0.5, 0.6) is 0 Å². The molecule has 1 aromatic carbocycles. The van der Waals surface area contributed by atoms with E-state index in [-0.39, 0.29) is 18.2 Å². The van der Waals surface area contributed by atoms with Gasteiger partial charge in [0.2, 0.25) is 0 Å². The Kier molecular flexibility index (Phi) is 3.54. The number of carbonyl (C=O) groups excluding carboxylic acids is 1. The molecule has 0 aliphatic carbocycles. The molecule has 5 heteroatoms. The molecule has 2 heterocycles. The summed E-state index contributed by atoms with van der Waals surface area (Å²) in [6.45, 7) is 0.177. The summed E-state index contributed by atoms with van der Waals surface area (Å²) in [5, 5.41) is 13.5. The summed E-state index contributed by atoms with van der Waals surface area (Å²) in [6.07, 6.45) is 1.45. The summed E-state index contributed by atoms with van der Waals surface area (Å²) >= 11 is 1.67. The summed E-state index contributed by atoms with van der Waals surface area (Å²) in [5.74, 6) is 1.41. The van der Waals surface area contributed by atoms with E-state index in [0.717, 1.165) is 16.9 Å². The lowest BCUT2D eigenvalue weighted by Gasteiger charge is -2.34. The van der Waals surface area contributed by atoms with E-state index in [1.54, 1.807) is 23.9 Å². The Morgan fingerprint density at radius 2 is 2.20 bits per heavy atom. The molecule has 104 valence electrons. The van der Waals surface area contributed by atoms with Gasteiger partial charge in [-0.2, -0.15) is 11.8 Å². The molecule has 3 rings (SSSR count). The van der Waals surface area contributed by atoms with Crippen molar-refractivity contribution in [3.05, 3.63) is 59.5 Å². The number of furan rings is 1. The quantitative estimate of drug-likeness (QED) is 0.909. The molecule has 0 bridgehead atoms. The maximum Gasteiger partial charge on any atom is 0.287 e. The van der Waals surface area contributed by atoms with E-state index in [9.17, 15) is 9.90 Å². The van der Waals surface area contributed by atoms with Crippen LogP contribution in [-0.2, 0) is 11.4 Å². The summed E-state index contributed by atoms with van der Waals surface area (Å²) in [7, 11) is 0. The van der Waals surface area contributed by atoms with Crippen LogP contribution in [0.1, 0.15) is 21.7 Å². The zero-order valence-electron chi connectivity index (χ0n) is 10.8. The van der Waals surface area contributed by atoms with Gasteiger partial charge >= 0.3 is 0 Å². The second kappa shape index (κ2) is 5.34. The van der Waals surface area contributed by atoms with Gasteiger partial charge in [0.05, 0.1) is 12.8 Å². The van der Waals surface area contributed by atoms with Gasteiger partial charge in [-0.25, -0.2) is 0 Å². The monoisotopic (exact) mass is 289 g/mol. The fraction of sp³-hybridized carbons (Fsp3) is 0.267. The number of carbonyl (C=O) groups is 1. The van der Waals surface area contributed by atoms with Gasteiger partial charge in [0.25, 0.3) is 5.91 Å². The Labute approximate surface area is 121 Å². The van der Waals surface area contributed by atoms with Crippen LogP contribution in [0.3, 0.4) is 0 Å². The maximum atomic E-state index is 11.9. The number of hydrogen-bond acceptors (Lipinski definition) is 4. The molecule has 0 spiro atoms. The lowest BCUT2D eigenvalue weighted by atomic mass is 9.91. The predicted molar refractivity (Wildman–Crippen MR) is 77.5 cm³/mol. The number of benzene rings is 1. The summed E-state index contributed by atoms with van der Waals surface area (Å²) in [5.41, 5.74) is 0.999. The standard InChI is InChI=1S/C15H15NO3S/c17-14(13-6-3-7-19-13)16-9-15(18)10-20-8-11-4-1-2-5-12(11)15/h1-7,18H,8-10H2,(H,16,17). The van der Waals surface area contributed by atoms with E-state index >= 15 is 0 Å². The second-order valence-corrected chi connectivity index (χ2v) is 5.83. The van der Waals surface area contributed by atoms with Crippen molar-refractivity contribution in [1.82, 2.24) is 5.32 Å². The van der Waals surface area contributed by atoms with Crippen LogP contribution in [0.25, 0.3) is 0 Å². The lowest BCUT2D eigenvalue weighted by Crippen LogP contribution is -2.44. The topological polar surface area (TPSA) is 62.5 Å². The van der Waals surface area contributed by atoms with Crippen molar-refractivity contribution < 1.29 is 14.3 Å². The molecule has 1 aliphatic heterocycles. The number of nitrogens with one attached hydrogen (secondary N) is 1. The zero-order chi connectivity index (χ0) is 14.0. The highest BCUT2D eigenvalue weighted by atomic mass is 32.2. The first-order chi connectivity index (χ1) is 9.69. The van der Waals surface area contributed by atoms with Crippen molar-refractivity contribution in [2.45, 2.75) is 11.4 Å². The molecule has 0 fully saturated rings. The average molecular weight is 289 g/mol. The van der Waals surface area contributed by atoms with Crippen molar-refractivity contribution in [3.8, 4) is 0 Å². The van der Waals surface area contributed by atoms with Gasteiger partial charge in [-0.3, -0.25) is 4.79 Å². The third-order valence-electron chi connectivity index (χ3n) is 3.40. The van der Waals surface area contributed by atoms with Gasteiger partial charge in [0.15, 0.2) is 5.76 Å². The second-order valence-electron chi connectivity index (χ2n) is 4.84. The van der Waals surface area contributed by atoms with E-state index in [0.29, 0.717) is 5.75 Å². The first-order valence-electron chi connectivity index (χ1n) is 6.39. The average Bonchev–Trinajstić information content (AvgIpc) is 3.00. The molecule has 0 radical (unpaired) electrons. The van der Waals surface area contributed by atoms with Gasteiger partial charge in [-0.1, -0.05) is 24.3 Å². The maximum absolute atomic E-state index is 11.9. The van der Waals surface area contributed by atoms with Crippen molar-refractivity contribution >= 4 is 17.7 Å². The minimum Gasteiger partial charge on any atom is -0.459 e. The third kappa shape index (κ3) is 2.46. The van der Waals surface area contributed by atoms with Crippen LogP contribution < -0.4 is 5.32 Å². The van der Waals surface area contributed by atoms with Gasteiger partial charge in [0, 0.05) is 11.5 Å². The first kappa shape index (κ1) is 13.3. The number of hydrogen-bond donors (Lipinski definition) is 2. The van der Waals surface area contributed by atoms with Crippen LogP contribution in [-0.4, -0.2) is 23.3 Å². The number of rotatable bonds is 3. The Hall–Kier alpha value is -1.72. The highest BCUT2D eigenvalue weighted by Crippen LogP contribution is 2.35. The Bertz CT molecular complexity index is 611. The van der Waals surface area contributed by atoms with E-state index in [2.05, 4.69) is 5.32 Å². The molecule has 20 heavy (non-hydrogen) atoms. The summed E-state index contributed by atoms with van der Waals surface area (Å²) in [6, 6.07) is 11.1. The van der Waals surface area contributed by atoms with Gasteiger partial charge < -0.3 is 14.8 Å². The molecule has 1 unspecified atom stereocenters. The molecule has 4 nitrogen and oxygen atoms in total. The van der Waals surface area contributed by atoms with E-state index < -0.39 is 5.60 Å². The lowest BCUT2D eigenvalue weighted by molar-refractivity contribution is 0.0544.